The third kappa shape index (κ3) is 3.05. The quantitative estimate of drug-likeness (QED) is 0.875. The van der Waals surface area contributed by atoms with Crippen molar-refractivity contribution >= 4 is 5.69 Å². The lowest BCUT2D eigenvalue weighted by molar-refractivity contribution is 0.199. The lowest BCUT2D eigenvalue weighted by Crippen LogP contribution is -2.34. The van der Waals surface area contributed by atoms with Crippen LogP contribution in [0.4, 0.5) is 5.69 Å². The summed E-state index contributed by atoms with van der Waals surface area (Å²) in [4.78, 5) is 2.55. The van der Waals surface area contributed by atoms with Crippen molar-refractivity contribution in [3.8, 4) is 0 Å². The molecule has 0 spiro atoms. The van der Waals surface area contributed by atoms with Crippen LogP contribution >= 0.6 is 0 Å². The molecule has 2 nitrogen and oxygen atoms in total. The monoisotopic (exact) mass is 247 g/mol. The van der Waals surface area contributed by atoms with Gasteiger partial charge in [0.2, 0.25) is 0 Å². The molecule has 2 rings (SSSR count). The van der Waals surface area contributed by atoms with Gasteiger partial charge in [0.1, 0.15) is 0 Å². The number of nitrogens with zero attached hydrogens (tertiary/aromatic N) is 1. The topological polar surface area (TPSA) is 23.5 Å². The van der Waals surface area contributed by atoms with E-state index in [1.165, 1.54) is 44.3 Å². The van der Waals surface area contributed by atoms with Crippen LogP contribution in [0.2, 0.25) is 0 Å². The number of benzene rings is 1. The summed E-state index contributed by atoms with van der Waals surface area (Å²) >= 11 is 0. The SMILES string of the molecule is CCC1CCCCCN1c1ccc(C(C)O)cc1. The van der Waals surface area contributed by atoms with Crippen molar-refractivity contribution in [1.29, 1.82) is 0 Å². The van der Waals surface area contributed by atoms with Gasteiger partial charge in [0.15, 0.2) is 0 Å². The maximum Gasteiger partial charge on any atom is 0.0761 e. The Balaban J connectivity index is 2.16. The summed E-state index contributed by atoms with van der Waals surface area (Å²) in [5, 5.41) is 9.55. The molecule has 0 aromatic heterocycles. The first-order valence-corrected chi connectivity index (χ1v) is 7.27. The van der Waals surface area contributed by atoms with Crippen LogP contribution in [-0.4, -0.2) is 17.7 Å². The molecule has 0 bridgehead atoms. The normalized spacial score (nSPS) is 22.6. The third-order valence-corrected chi connectivity index (χ3v) is 4.06. The Hall–Kier alpha value is -1.02. The number of rotatable bonds is 3. The number of anilines is 1. The van der Waals surface area contributed by atoms with E-state index in [0.29, 0.717) is 6.04 Å². The van der Waals surface area contributed by atoms with Gasteiger partial charge >= 0.3 is 0 Å². The molecule has 2 heteroatoms. The lowest BCUT2D eigenvalue weighted by atomic mass is 10.1. The summed E-state index contributed by atoms with van der Waals surface area (Å²) in [6.07, 6.45) is 6.19. The summed E-state index contributed by atoms with van der Waals surface area (Å²) < 4.78 is 0. The molecule has 2 unspecified atom stereocenters. The van der Waals surface area contributed by atoms with E-state index in [1.54, 1.807) is 0 Å². The molecule has 0 radical (unpaired) electrons. The van der Waals surface area contributed by atoms with Crippen LogP contribution in [0.5, 0.6) is 0 Å². The summed E-state index contributed by atoms with van der Waals surface area (Å²) in [5.41, 5.74) is 2.31. The average Bonchev–Trinajstić information content (AvgIpc) is 2.63. The highest BCUT2D eigenvalue weighted by atomic mass is 16.3. The molecule has 18 heavy (non-hydrogen) atoms. The second kappa shape index (κ2) is 6.24. The van der Waals surface area contributed by atoms with Gasteiger partial charge in [-0.2, -0.15) is 0 Å². The van der Waals surface area contributed by atoms with Crippen molar-refractivity contribution in [2.75, 3.05) is 11.4 Å². The Labute approximate surface area is 111 Å². The zero-order chi connectivity index (χ0) is 13.0. The van der Waals surface area contributed by atoms with Crippen molar-refractivity contribution < 1.29 is 5.11 Å². The Morgan fingerprint density at radius 3 is 2.56 bits per heavy atom. The zero-order valence-electron chi connectivity index (χ0n) is 11.6. The molecule has 0 amide bonds. The van der Waals surface area contributed by atoms with Gasteiger partial charge in [-0.1, -0.05) is 31.9 Å². The van der Waals surface area contributed by atoms with Crippen LogP contribution in [0, 0.1) is 0 Å². The van der Waals surface area contributed by atoms with E-state index in [4.69, 9.17) is 0 Å². The Kier molecular flexibility index (Phi) is 4.65. The molecule has 1 saturated heterocycles. The average molecular weight is 247 g/mol. The third-order valence-electron chi connectivity index (χ3n) is 4.06. The zero-order valence-corrected chi connectivity index (χ0v) is 11.6. The number of hydrogen-bond acceptors (Lipinski definition) is 2. The number of hydrogen-bond donors (Lipinski definition) is 1. The highest BCUT2D eigenvalue weighted by Gasteiger charge is 2.19. The second-order valence-corrected chi connectivity index (χ2v) is 5.37. The fourth-order valence-electron chi connectivity index (χ4n) is 2.89. The Bertz CT molecular complexity index is 358. The molecule has 2 atom stereocenters. The van der Waals surface area contributed by atoms with Crippen LogP contribution < -0.4 is 4.90 Å². The van der Waals surface area contributed by atoms with Crippen LogP contribution in [0.3, 0.4) is 0 Å². The van der Waals surface area contributed by atoms with Gasteiger partial charge in [0, 0.05) is 18.3 Å². The minimum absolute atomic E-state index is 0.370. The van der Waals surface area contributed by atoms with Gasteiger partial charge in [-0.15, -0.1) is 0 Å². The largest absolute Gasteiger partial charge is 0.389 e. The number of aliphatic hydroxyl groups excluding tert-OH is 1. The first kappa shape index (κ1) is 13.4. The van der Waals surface area contributed by atoms with Crippen LogP contribution in [0.15, 0.2) is 24.3 Å². The molecule has 1 aliphatic rings. The molecule has 100 valence electrons. The highest BCUT2D eigenvalue weighted by Crippen LogP contribution is 2.27. The van der Waals surface area contributed by atoms with Gasteiger partial charge < -0.3 is 10.0 Å². The van der Waals surface area contributed by atoms with Gasteiger partial charge in [0.25, 0.3) is 0 Å². The molecule has 0 aliphatic carbocycles. The van der Waals surface area contributed by atoms with Crippen molar-refractivity contribution in [3.05, 3.63) is 29.8 Å². The maximum atomic E-state index is 9.55. The maximum absolute atomic E-state index is 9.55. The van der Waals surface area contributed by atoms with Gasteiger partial charge in [0.05, 0.1) is 6.10 Å². The summed E-state index contributed by atoms with van der Waals surface area (Å²) in [6, 6.07) is 9.12. The van der Waals surface area contributed by atoms with Gasteiger partial charge in [-0.05, 0) is 43.9 Å². The van der Waals surface area contributed by atoms with E-state index in [1.807, 2.05) is 6.92 Å². The van der Waals surface area contributed by atoms with Crippen molar-refractivity contribution in [1.82, 2.24) is 0 Å². The van der Waals surface area contributed by atoms with Crippen molar-refractivity contribution in [3.63, 3.8) is 0 Å². The fraction of sp³-hybridized carbons (Fsp3) is 0.625. The van der Waals surface area contributed by atoms with E-state index < -0.39 is 0 Å². The second-order valence-electron chi connectivity index (χ2n) is 5.37. The van der Waals surface area contributed by atoms with Crippen LogP contribution in [0.25, 0.3) is 0 Å². The Morgan fingerprint density at radius 2 is 1.94 bits per heavy atom. The van der Waals surface area contributed by atoms with Crippen molar-refractivity contribution in [2.45, 2.75) is 58.1 Å². The van der Waals surface area contributed by atoms with Crippen LogP contribution in [0.1, 0.15) is 57.6 Å². The fourth-order valence-corrected chi connectivity index (χ4v) is 2.89. The molecule has 1 N–H and O–H groups in total. The highest BCUT2D eigenvalue weighted by molar-refractivity contribution is 5.49. The minimum atomic E-state index is -0.370. The molecule has 1 fully saturated rings. The van der Waals surface area contributed by atoms with Crippen molar-refractivity contribution in [2.24, 2.45) is 0 Å². The summed E-state index contributed by atoms with van der Waals surface area (Å²) in [7, 11) is 0. The smallest absolute Gasteiger partial charge is 0.0761 e. The predicted octanol–water partition coefficient (Wildman–Crippen LogP) is 3.90. The van der Waals surface area contributed by atoms with E-state index in [-0.39, 0.29) is 6.10 Å². The Morgan fingerprint density at radius 1 is 1.22 bits per heavy atom. The summed E-state index contributed by atoms with van der Waals surface area (Å²) in [6.45, 7) is 5.27. The lowest BCUT2D eigenvalue weighted by Gasteiger charge is -2.31. The van der Waals surface area contributed by atoms with E-state index in [2.05, 4.69) is 36.1 Å². The molecule has 1 aromatic rings. The summed E-state index contributed by atoms with van der Waals surface area (Å²) in [5.74, 6) is 0. The first-order valence-electron chi connectivity index (χ1n) is 7.27. The van der Waals surface area contributed by atoms with Gasteiger partial charge in [-0.3, -0.25) is 0 Å². The predicted molar refractivity (Wildman–Crippen MR) is 77.0 cm³/mol. The standard InChI is InChI=1S/C16H25NO/c1-3-15-7-5-4-6-12-17(15)16-10-8-14(9-11-16)13(2)18/h8-11,13,15,18H,3-7,12H2,1-2H3. The molecular formula is C16H25NO. The molecule has 1 aliphatic heterocycles. The number of aliphatic hydroxyl groups is 1. The molecular weight excluding hydrogens is 222 g/mol. The van der Waals surface area contributed by atoms with Gasteiger partial charge in [-0.25, -0.2) is 0 Å². The molecule has 0 saturated carbocycles. The first-order chi connectivity index (χ1) is 8.72. The van der Waals surface area contributed by atoms with Crippen LogP contribution in [-0.2, 0) is 0 Å². The van der Waals surface area contributed by atoms with E-state index in [9.17, 15) is 5.11 Å². The minimum Gasteiger partial charge on any atom is -0.389 e. The molecule has 1 aromatic carbocycles. The van der Waals surface area contributed by atoms with E-state index >= 15 is 0 Å². The molecule has 1 heterocycles. The van der Waals surface area contributed by atoms with E-state index in [0.717, 1.165) is 5.56 Å².